The van der Waals surface area contributed by atoms with E-state index in [1.165, 1.54) is 34.3 Å². The minimum Gasteiger partial charge on any atom is -0.484 e. The summed E-state index contributed by atoms with van der Waals surface area (Å²) >= 11 is 5.89. The molecule has 0 aliphatic heterocycles. The van der Waals surface area contributed by atoms with E-state index in [0.29, 0.717) is 27.3 Å². The van der Waals surface area contributed by atoms with E-state index in [1.807, 2.05) is 0 Å². The topological polar surface area (TPSA) is 80.1 Å². The molecule has 0 N–H and O–H groups in total. The Kier molecular flexibility index (Phi) is 9.12. The van der Waals surface area contributed by atoms with Crippen molar-refractivity contribution in [2.75, 3.05) is 19.7 Å². The Morgan fingerprint density at radius 2 is 1.67 bits per heavy atom. The number of amides is 2. The van der Waals surface area contributed by atoms with E-state index >= 15 is 0 Å². The Morgan fingerprint density at radius 1 is 0.949 bits per heavy atom. The van der Waals surface area contributed by atoms with Crippen molar-refractivity contribution in [2.45, 2.75) is 13.1 Å². The Hall–Kier alpha value is -4.43. The number of benzene rings is 3. The Balaban J connectivity index is 1.54. The highest BCUT2D eigenvalue weighted by molar-refractivity contribution is 6.30. The number of fused-ring (bicyclic) bond motifs is 1. The minimum atomic E-state index is -0.426. The first-order valence-electron chi connectivity index (χ1n) is 12.1. The van der Waals surface area contributed by atoms with Crippen molar-refractivity contribution in [1.29, 1.82) is 0 Å². The van der Waals surface area contributed by atoms with Gasteiger partial charge in [-0.3, -0.25) is 14.4 Å². The highest BCUT2D eigenvalue weighted by Crippen LogP contribution is 2.17. The molecular formula is C30H26ClFN2O5. The first-order chi connectivity index (χ1) is 18.8. The van der Waals surface area contributed by atoms with Crippen LogP contribution in [0.15, 0.2) is 101 Å². The number of carbonyl (C=O) groups excluding carboxylic acids is 2. The maximum Gasteiger partial charge on any atom is 0.261 e. The van der Waals surface area contributed by atoms with E-state index in [-0.39, 0.29) is 43.8 Å². The summed E-state index contributed by atoms with van der Waals surface area (Å²) in [7, 11) is 0. The summed E-state index contributed by atoms with van der Waals surface area (Å²) in [6.45, 7) is 3.23. The van der Waals surface area contributed by atoms with Gasteiger partial charge in [0.2, 0.25) is 5.91 Å². The van der Waals surface area contributed by atoms with Crippen LogP contribution in [0, 0.1) is 5.82 Å². The smallest absolute Gasteiger partial charge is 0.261 e. The maximum atomic E-state index is 13.5. The van der Waals surface area contributed by atoms with Crippen molar-refractivity contribution < 1.29 is 23.1 Å². The molecule has 0 fully saturated rings. The summed E-state index contributed by atoms with van der Waals surface area (Å²) in [5.41, 5.74) is 1.11. The number of halogens is 2. The SMILES string of the molecule is C=CCN(CC(=O)N(Cc1ccc(F)cc1)Cc1coc2ccccc2c1=O)C(=O)COc1ccc(Cl)cc1. The zero-order valence-corrected chi connectivity index (χ0v) is 21.8. The van der Waals surface area contributed by atoms with Crippen molar-refractivity contribution in [2.24, 2.45) is 0 Å². The van der Waals surface area contributed by atoms with Gasteiger partial charge in [0.1, 0.15) is 23.7 Å². The van der Waals surface area contributed by atoms with Crippen LogP contribution in [0.3, 0.4) is 0 Å². The van der Waals surface area contributed by atoms with E-state index in [4.69, 9.17) is 20.8 Å². The zero-order valence-electron chi connectivity index (χ0n) is 21.0. The maximum absolute atomic E-state index is 13.5. The standard InChI is InChI=1S/C30H26ClFN2O5/c1-2-15-33(29(36)20-38-25-13-9-23(31)10-14-25)18-28(35)34(16-21-7-11-24(32)12-8-21)17-22-19-39-27-6-4-3-5-26(27)30(22)37/h2-14,19H,1,15-18,20H2. The molecule has 0 saturated carbocycles. The van der Waals surface area contributed by atoms with Crippen LogP contribution < -0.4 is 10.2 Å². The molecule has 39 heavy (non-hydrogen) atoms. The van der Waals surface area contributed by atoms with E-state index in [0.717, 1.165) is 0 Å². The molecule has 0 aliphatic rings. The molecule has 7 nitrogen and oxygen atoms in total. The van der Waals surface area contributed by atoms with Gasteiger partial charge in [-0.05, 0) is 54.1 Å². The molecule has 0 unspecified atom stereocenters. The third-order valence-electron chi connectivity index (χ3n) is 5.96. The molecule has 2 amide bonds. The summed E-state index contributed by atoms with van der Waals surface area (Å²) in [5, 5.41) is 0.932. The van der Waals surface area contributed by atoms with Gasteiger partial charge in [-0.25, -0.2) is 4.39 Å². The average Bonchev–Trinajstić information content (AvgIpc) is 2.94. The van der Waals surface area contributed by atoms with Gasteiger partial charge in [-0.15, -0.1) is 6.58 Å². The number of hydrogen-bond acceptors (Lipinski definition) is 5. The van der Waals surface area contributed by atoms with Gasteiger partial charge in [-0.2, -0.15) is 0 Å². The summed E-state index contributed by atoms with van der Waals surface area (Å²) in [6.07, 6.45) is 2.85. The molecule has 0 bridgehead atoms. The molecule has 200 valence electrons. The molecule has 3 aromatic carbocycles. The quantitative estimate of drug-likeness (QED) is 0.240. The third kappa shape index (κ3) is 7.33. The van der Waals surface area contributed by atoms with E-state index in [2.05, 4.69) is 6.58 Å². The molecule has 0 saturated heterocycles. The fourth-order valence-corrected chi connectivity index (χ4v) is 4.04. The van der Waals surface area contributed by atoms with E-state index < -0.39 is 17.6 Å². The number of para-hydroxylation sites is 1. The van der Waals surface area contributed by atoms with Crippen molar-refractivity contribution in [3.05, 3.63) is 124 Å². The van der Waals surface area contributed by atoms with Crippen LogP contribution in [-0.2, 0) is 22.7 Å². The zero-order chi connectivity index (χ0) is 27.8. The Labute approximate surface area is 229 Å². The number of ether oxygens (including phenoxy) is 1. The van der Waals surface area contributed by atoms with Gasteiger partial charge >= 0.3 is 0 Å². The molecule has 4 aromatic rings. The van der Waals surface area contributed by atoms with Gasteiger partial charge in [0, 0.05) is 18.1 Å². The monoisotopic (exact) mass is 548 g/mol. The highest BCUT2D eigenvalue weighted by atomic mass is 35.5. The van der Waals surface area contributed by atoms with E-state index in [9.17, 15) is 18.8 Å². The van der Waals surface area contributed by atoms with Crippen molar-refractivity contribution in [3.63, 3.8) is 0 Å². The van der Waals surface area contributed by atoms with Crippen LogP contribution in [0.2, 0.25) is 5.02 Å². The van der Waals surface area contributed by atoms with Crippen molar-refractivity contribution in [3.8, 4) is 5.75 Å². The molecule has 0 aliphatic carbocycles. The lowest BCUT2D eigenvalue weighted by Crippen LogP contribution is -2.44. The lowest BCUT2D eigenvalue weighted by atomic mass is 10.1. The van der Waals surface area contributed by atoms with Crippen LogP contribution in [0.4, 0.5) is 4.39 Å². The third-order valence-corrected chi connectivity index (χ3v) is 6.21. The summed E-state index contributed by atoms with van der Waals surface area (Å²) in [5.74, 6) is -0.799. The minimum absolute atomic E-state index is 0.0687. The second kappa shape index (κ2) is 12.9. The summed E-state index contributed by atoms with van der Waals surface area (Å²) < 4.78 is 24.7. The van der Waals surface area contributed by atoms with Crippen LogP contribution in [0.5, 0.6) is 5.75 Å². The number of rotatable bonds is 11. The number of carbonyl (C=O) groups is 2. The number of nitrogens with zero attached hydrogens (tertiary/aromatic N) is 2. The average molecular weight is 549 g/mol. The fraction of sp³-hybridized carbons (Fsp3) is 0.167. The molecule has 0 spiro atoms. The van der Waals surface area contributed by atoms with Gasteiger partial charge in [0.15, 0.2) is 12.0 Å². The van der Waals surface area contributed by atoms with Crippen LogP contribution in [-0.4, -0.2) is 41.3 Å². The van der Waals surface area contributed by atoms with Gasteiger partial charge < -0.3 is 19.0 Å². The van der Waals surface area contributed by atoms with Crippen LogP contribution >= 0.6 is 11.6 Å². The van der Waals surface area contributed by atoms with Crippen molar-refractivity contribution in [1.82, 2.24) is 9.80 Å². The molecule has 9 heteroatoms. The molecule has 0 radical (unpaired) electrons. The van der Waals surface area contributed by atoms with Gasteiger partial charge in [-0.1, -0.05) is 41.9 Å². The second-order valence-electron chi connectivity index (χ2n) is 8.77. The Morgan fingerprint density at radius 3 is 2.38 bits per heavy atom. The van der Waals surface area contributed by atoms with Crippen molar-refractivity contribution >= 4 is 34.4 Å². The van der Waals surface area contributed by atoms with Gasteiger partial charge in [0.25, 0.3) is 5.91 Å². The molecular weight excluding hydrogens is 523 g/mol. The molecule has 0 atom stereocenters. The Bertz CT molecular complexity index is 1520. The summed E-state index contributed by atoms with van der Waals surface area (Å²) in [6, 6.07) is 19.1. The fourth-order valence-electron chi connectivity index (χ4n) is 3.92. The second-order valence-corrected chi connectivity index (χ2v) is 9.20. The predicted octanol–water partition coefficient (Wildman–Crippen LogP) is 5.21. The highest BCUT2D eigenvalue weighted by Gasteiger charge is 2.23. The molecule has 4 rings (SSSR count). The first kappa shape index (κ1) is 27.6. The lowest BCUT2D eigenvalue weighted by Gasteiger charge is -2.27. The number of hydrogen-bond donors (Lipinski definition) is 0. The molecule has 1 aromatic heterocycles. The molecule has 1 heterocycles. The normalized spacial score (nSPS) is 10.7. The first-order valence-corrected chi connectivity index (χ1v) is 12.5. The van der Waals surface area contributed by atoms with E-state index in [1.54, 1.807) is 60.7 Å². The van der Waals surface area contributed by atoms with Crippen LogP contribution in [0.1, 0.15) is 11.1 Å². The largest absolute Gasteiger partial charge is 0.484 e. The van der Waals surface area contributed by atoms with Gasteiger partial charge in [0.05, 0.1) is 23.8 Å². The summed E-state index contributed by atoms with van der Waals surface area (Å²) in [4.78, 5) is 42.3. The lowest BCUT2D eigenvalue weighted by molar-refractivity contribution is -0.141. The van der Waals surface area contributed by atoms with Crippen LogP contribution in [0.25, 0.3) is 11.0 Å². The predicted molar refractivity (Wildman–Crippen MR) is 147 cm³/mol.